The van der Waals surface area contributed by atoms with Crippen LogP contribution in [0.4, 0.5) is 0 Å². The van der Waals surface area contributed by atoms with Gasteiger partial charge in [0.2, 0.25) is 0 Å². The summed E-state index contributed by atoms with van der Waals surface area (Å²) in [5, 5.41) is 17.2. The van der Waals surface area contributed by atoms with Gasteiger partial charge in [-0.1, -0.05) is 57.2 Å². The summed E-state index contributed by atoms with van der Waals surface area (Å²) in [7, 11) is -4.02. The van der Waals surface area contributed by atoms with Gasteiger partial charge in [0.25, 0.3) is 10.1 Å². The maximum Gasteiger partial charge on any atom is 0.323 e. The van der Waals surface area contributed by atoms with Crippen LogP contribution in [0.1, 0.15) is 71.8 Å². The van der Waals surface area contributed by atoms with Crippen LogP contribution in [-0.2, 0) is 14.9 Å². The van der Waals surface area contributed by atoms with Crippen LogP contribution in [0.15, 0.2) is 29.2 Å². The zero-order valence-corrected chi connectivity index (χ0v) is 20.9. The number of hydrogen-bond donors (Lipinski definition) is 5. The summed E-state index contributed by atoms with van der Waals surface area (Å²) >= 11 is 0. The van der Waals surface area contributed by atoms with E-state index in [1.165, 1.54) is 12.1 Å². The number of carbonyl (C=O) groups is 1. The van der Waals surface area contributed by atoms with Crippen LogP contribution in [0, 0.1) is 6.92 Å². The fourth-order valence-corrected chi connectivity index (χ4v) is 2.50. The SMILES string of the molecule is CCCC[C@@](C)(N)C(=O)O.CCCC[C@@](C)(N)CO.Cc1ccc(S(=O)(=O)O)cc1.Cl. The second kappa shape index (κ2) is 16.4. The van der Waals surface area contributed by atoms with Crippen LogP contribution < -0.4 is 11.5 Å². The number of halogens is 1. The van der Waals surface area contributed by atoms with Crippen molar-refractivity contribution >= 4 is 28.5 Å². The van der Waals surface area contributed by atoms with Gasteiger partial charge in [0, 0.05) is 5.54 Å². The van der Waals surface area contributed by atoms with E-state index in [4.69, 9.17) is 26.2 Å². The Morgan fingerprint density at radius 3 is 1.74 bits per heavy atom. The molecule has 0 aliphatic heterocycles. The van der Waals surface area contributed by atoms with E-state index in [-0.39, 0.29) is 29.4 Å². The summed E-state index contributed by atoms with van der Waals surface area (Å²) in [6.45, 7) is 9.49. The minimum atomic E-state index is -4.02. The van der Waals surface area contributed by atoms with Gasteiger partial charge >= 0.3 is 5.97 Å². The van der Waals surface area contributed by atoms with Crippen molar-refractivity contribution in [1.29, 1.82) is 0 Å². The first kappa shape index (κ1) is 34.4. The summed E-state index contributed by atoms with van der Waals surface area (Å²) in [4.78, 5) is 10.3. The predicted molar refractivity (Wildman–Crippen MR) is 127 cm³/mol. The van der Waals surface area contributed by atoms with Crippen molar-refractivity contribution in [3.8, 4) is 0 Å². The summed E-state index contributed by atoms with van der Waals surface area (Å²) in [5.41, 5.74) is 10.7. The minimum Gasteiger partial charge on any atom is -0.480 e. The van der Waals surface area contributed by atoms with E-state index in [1.54, 1.807) is 19.1 Å². The zero-order chi connectivity index (χ0) is 24.0. The standard InChI is InChI=1S/C7H15NO2.C7H17NO.C7H8O3S.ClH/c1-3-4-5-7(2,8)6(9)10;1-3-4-5-7(2,8)6-9;1-6-2-4-7(5-3-6)11(8,9)10;/h3-5,8H2,1-2H3,(H,9,10);9H,3-6,8H2,1-2H3;2-5H,1H3,(H,8,9,10);1H/t2*7-;;/m11../s1. The molecule has 0 amide bonds. The Balaban J connectivity index is -0.000000376. The number of rotatable bonds is 9. The Kier molecular flexibility index (Phi) is 18.2. The number of aliphatic hydroxyl groups is 1. The summed E-state index contributed by atoms with van der Waals surface area (Å²) in [5.74, 6) is -0.916. The van der Waals surface area contributed by atoms with Gasteiger partial charge in [-0.15, -0.1) is 12.4 Å². The molecule has 0 saturated carbocycles. The van der Waals surface area contributed by atoms with Gasteiger partial charge in [0.1, 0.15) is 5.54 Å². The van der Waals surface area contributed by atoms with Crippen molar-refractivity contribution in [3.63, 3.8) is 0 Å². The van der Waals surface area contributed by atoms with E-state index in [0.717, 1.165) is 37.7 Å². The zero-order valence-electron chi connectivity index (χ0n) is 19.3. The van der Waals surface area contributed by atoms with Gasteiger partial charge in [0.05, 0.1) is 11.5 Å². The second-order valence-corrected chi connectivity index (χ2v) is 9.45. The Labute approximate surface area is 193 Å². The second-order valence-electron chi connectivity index (χ2n) is 8.03. The Morgan fingerprint density at radius 1 is 1.00 bits per heavy atom. The molecule has 1 aromatic rings. The Bertz CT molecular complexity index is 707. The molecule has 0 unspecified atom stereocenters. The fourth-order valence-electron chi connectivity index (χ4n) is 2.02. The maximum absolute atomic E-state index is 10.5. The molecule has 0 aliphatic rings. The normalized spacial score (nSPS) is 14.4. The lowest BCUT2D eigenvalue weighted by Crippen LogP contribution is -2.44. The fraction of sp³-hybridized carbons (Fsp3) is 0.667. The van der Waals surface area contributed by atoms with Gasteiger partial charge < -0.3 is 21.7 Å². The van der Waals surface area contributed by atoms with E-state index >= 15 is 0 Å². The lowest BCUT2D eigenvalue weighted by Gasteiger charge is -2.20. The first-order chi connectivity index (χ1) is 13.6. The van der Waals surface area contributed by atoms with Crippen molar-refractivity contribution in [2.75, 3.05) is 6.61 Å². The van der Waals surface area contributed by atoms with E-state index < -0.39 is 21.6 Å². The summed E-state index contributed by atoms with van der Waals surface area (Å²) in [6.07, 6.45) is 5.58. The molecule has 2 atom stereocenters. The monoisotopic (exact) mass is 484 g/mol. The average Bonchev–Trinajstić information content (AvgIpc) is 2.65. The maximum atomic E-state index is 10.5. The van der Waals surface area contributed by atoms with Crippen LogP contribution in [-0.4, -0.2) is 46.8 Å². The molecule has 1 aromatic carbocycles. The first-order valence-corrected chi connectivity index (χ1v) is 11.5. The van der Waals surface area contributed by atoms with Crippen molar-refractivity contribution in [1.82, 2.24) is 0 Å². The quantitative estimate of drug-likeness (QED) is 0.332. The number of unbranched alkanes of at least 4 members (excludes halogenated alkanes) is 2. The lowest BCUT2D eigenvalue weighted by atomic mass is 9.97. The number of aryl methyl sites for hydroxylation is 1. The highest BCUT2D eigenvalue weighted by atomic mass is 35.5. The number of carboxylic acids is 1. The number of hydrogen-bond acceptors (Lipinski definition) is 6. The van der Waals surface area contributed by atoms with Gasteiger partial charge in [-0.3, -0.25) is 9.35 Å². The van der Waals surface area contributed by atoms with E-state index in [1.807, 2.05) is 20.8 Å². The van der Waals surface area contributed by atoms with E-state index in [9.17, 15) is 13.2 Å². The van der Waals surface area contributed by atoms with Crippen LogP contribution in [0.3, 0.4) is 0 Å². The summed E-state index contributed by atoms with van der Waals surface area (Å²) in [6, 6.07) is 5.99. The van der Waals surface area contributed by atoms with Crippen LogP contribution in [0.2, 0.25) is 0 Å². The molecule has 0 heterocycles. The average molecular weight is 485 g/mol. The molecule has 0 aromatic heterocycles. The molecule has 31 heavy (non-hydrogen) atoms. The molecule has 0 radical (unpaired) electrons. The smallest absolute Gasteiger partial charge is 0.323 e. The molecule has 184 valence electrons. The first-order valence-electron chi connectivity index (χ1n) is 10.1. The number of aliphatic hydroxyl groups excluding tert-OH is 1. The van der Waals surface area contributed by atoms with Gasteiger partial charge in [0.15, 0.2) is 0 Å². The van der Waals surface area contributed by atoms with Crippen molar-refractivity contribution in [3.05, 3.63) is 29.8 Å². The Morgan fingerprint density at radius 2 is 1.42 bits per heavy atom. The van der Waals surface area contributed by atoms with Crippen LogP contribution in [0.5, 0.6) is 0 Å². The molecule has 8 nitrogen and oxygen atoms in total. The molecule has 0 aliphatic carbocycles. The topological polar surface area (TPSA) is 164 Å². The van der Waals surface area contributed by atoms with Gasteiger partial charge in [-0.25, -0.2) is 0 Å². The van der Waals surface area contributed by atoms with Gasteiger partial charge in [-0.05, 0) is 45.7 Å². The highest BCUT2D eigenvalue weighted by Crippen LogP contribution is 2.10. The third-order valence-electron chi connectivity index (χ3n) is 4.32. The molecule has 10 heteroatoms. The molecular formula is C21H41ClN2O6S. The molecule has 1 rings (SSSR count). The molecule has 0 saturated heterocycles. The minimum absolute atomic E-state index is 0. The Hall–Kier alpha value is -1.23. The summed E-state index contributed by atoms with van der Waals surface area (Å²) < 4.78 is 29.6. The lowest BCUT2D eigenvalue weighted by molar-refractivity contribution is -0.142. The van der Waals surface area contributed by atoms with Gasteiger partial charge in [-0.2, -0.15) is 8.42 Å². The molecule has 7 N–H and O–H groups in total. The molecule has 0 bridgehead atoms. The van der Waals surface area contributed by atoms with E-state index in [0.29, 0.717) is 6.42 Å². The third kappa shape index (κ3) is 18.1. The molecule has 0 fully saturated rings. The number of aliphatic carboxylic acids is 1. The van der Waals surface area contributed by atoms with Crippen LogP contribution in [0.25, 0.3) is 0 Å². The van der Waals surface area contributed by atoms with Crippen LogP contribution >= 0.6 is 12.4 Å². The largest absolute Gasteiger partial charge is 0.480 e. The third-order valence-corrected chi connectivity index (χ3v) is 5.19. The number of carboxylic acid groups (broad SMARTS) is 1. The van der Waals surface area contributed by atoms with Crippen molar-refractivity contribution < 1.29 is 28.0 Å². The molecule has 0 spiro atoms. The van der Waals surface area contributed by atoms with E-state index in [2.05, 4.69) is 6.92 Å². The van der Waals surface area contributed by atoms with Crippen molar-refractivity contribution in [2.45, 2.75) is 89.1 Å². The van der Waals surface area contributed by atoms with Crippen molar-refractivity contribution in [2.24, 2.45) is 11.5 Å². The predicted octanol–water partition coefficient (Wildman–Crippen LogP) is 3.53. The number of benzene rings is 1. The highest BCUT2D eigenvalue weighted by molar-refractivity contribution is 7.85. The highest BCUT2D eigenvalue weighted by Gasteiger charge is 2.26. The molecular weight excluding hydrogens is 444 g/mol. The number of nitrogens with two attached hydrogens (primary N) is 2.